The Bertz CT molecular complexity index is 1250. The topological polar surface area (TPSA) is 112 Å². The first-order valence-corrected chi connectivity index (χ1v) is 9.35. The van der Waals surface area contributed by atoms with Gasteiger partial charge in [-0.3, -0.25) is 4.98 Å². The van der Waals surface area contributed by atoms with Gasteiger partial charge in [0.25, 0.3) is 0 Å². The molecule has 0 fully saturated rings. The van der Waals surface area contributed by atoms with Crippen molar-refractivity contribution in [3.63, 3.8) is 0 Å². The number of hydrogen-bond acceptors (Lipinski definition) is 7. The molecule has 0 saturated heterocycles. The van der Waals surface area contributed by atoms with Gasteiger partial charge in [-0.05, 0) is 30.3 Å². The number of aromatic nitrogens is 3. The van der Waals surface area contributed by atoms with E-state index in [1.165, 1.54) is 6.07 Å². The van der Waals surface area contributed by atoms with Crippen LogP contribution < -0.4 is 21.5 Å². The summed E-state index contributed by atoms with van der Waals surface area (Å²) in [6, 6.07) is 17.7. The number of alkyl halides is 3. The highest BCUT2D eigenvalue weighted by Crippen LogP contribution is 2.32. The van der Waals surface area contributed by atoms with Gasteiger partial charge in [0.15, 0.2) is 0 Å². The maximum atomic E-state index is 12.9. The van der Waals surface area contributed by atoms with Crippen LogP contribution in [0, 0.1) is 0 Å². The molecule has 0 bridgehead atoms. The molecular weight excluding hydrogens is 421 g/mol. The fraction of sp³-hybridized carbons (Fsp3) is 0.0455. The zero-order chi connectivity index (χ0) is 22.7. The van der Waals surface area contributed by atoms with E-state index in [-0.39, 0.29) is 11.7 Å². The monoisotopic (exact) mass is 438 g/mol. The van der Waals surface area contributed by atoms with Crippen LogP contribution in [0.1, 0.15) is 5.69 Å². The molecule has 2 aromatic carbocycles. The smallest absolute Gasteiger partial charge is 0.433 e. The molecule has 0 unspecified atom stereocenters. The van der Waals surface area contributed by atoms with Gasteiger partial charge in [-0.25, -0.2) is 4.98 Å². The third-order valence-electron chi connectivity index (χ3n) is 4.31. The summed E-state index contributed by atoms with van der Waals surface area (Å²) in [5, 5.41) is 3.10. The SMILES string of the molecule is Nc1ccc(-c2cc(Nc3cccc(Oc4ccnc(C(F)(F)F)c4)c3)nc(N)n2)cc1. The lowest BCUT2D eigenvalue weighted by Crippen LogP contribution is -2.07. The zero-order valence-electron chi connectivity index (χ0n) is 16.5. The summed E-state index contributed by atoms with van der Waals surface area (Å²) in [5.41, 5.74) is 13.2. The van der Waals surface area contributed by atoms with Gasteiger partial charge in [0.1, 0.15) is 23.0 Å². The first-order valence-electron chi connectivity index (χ1n) is 9.35. The normalized spacial score (nSPS) is 11.2. The molecule has 0 aliphatic heterocycles. The fourth-order valence-electron chi connectivity index (χ4n) is 2.88. The number of rotatable bonds is 5. The molecule has 0 aliphatic rings. The number of hydrogen-bond donors (Lipinski definition) is 3. The Balaban J connectivity index is 1.55. The fourth-order valence-corrected chi connectivity index (χ4v) is 2.88. The van der Waals surface area contributed by atoms with Crippen molar-refractivity contribution in [1.29, 1.82) is 0 Å². The van der Waals surface area contributed by atoms with E-state index in [1.807, 2.05) is 12.1 Å². The Hall–Kier alpha value is -4.34. The van der Waals surface area contributed by atoms with Gasteiger partial charge in [0, 0.05) is 41.3 Å². The number of nitrogens with one attached hydrogen (secondary N) is 1. The number of nitrogens with zero attached hydrogens (tertiary/aromatic N) is 3. The number of nitrogen functional groups attached to an aromatic ring is 2. The molecule has 32 heavy (non-hydrogen) atoms. The molecule has 0 saturated carbocycles. The number of halogens is 3. The molecule has 0 atom stereocenters. The van der Waals surface area contributed by atoms with Gasteiger partial charge in [-0.1, -0.05) is 18.2 Å². The minimum atomic E-state index is -4.56. The Kier molecular flexibility index (Phi) is 5.50. The van der Waals surface area contributed by atoms with Crippen LogP contribution in [0.2, 0.25) is 0 Å². The van der Waals surface area contributed by atoms with E-state index in [4.69, 9.17) is 16.2 Å². The molecule has 10 heteroatoms. The molecule has 2 aromatic heterocycles. The number of nitrogens with two attached hydrogens (primary N) is 2. The number of ether oxygens (including phenoxy) is 1. The lowest BCUT2D eigenvalue weighted by molar-refractivity contribution is -0.141. The van der Waals surface area contributed by atoms with Crippen LogP contribution in [0.4, 0.5) is 36.3 Å². The summed E-state index contributed by atoms with van der Waals surface area (Å²) in [6.45, 7) is 0. The minimum absolute atomic E-state index is 0.0152. The highest BCUT2D eigenvalue weighted by Gasteiger charge is 2.32. The van der Waals surface area contributed by atoms with E-state index in [2.05, 4.69) is 20.3 Å². The predicted octanol–water partition coefficient (Wildman–Crippen LogP) is 5.26. The van der Waals surface area contributed by atoms with Gasteiger partial charge < -0.3 is 21.5 Å². The highest BCUT2D eigenvalue weighted by molar-refractivity contribution is 5.68. The molecule has 162 valence electrons. The maximum absolute atomic E-state index is 12.9. The van der Waals surface area contributed by atoms with Crippen LogP contribution in [-0.2, 0) is 6.18 Å². The van der Waals surface area contributed by atoms with E-state index in [0.717, 1.165) is 17.8 Å². The van der Waals surface area contributed by atoms with Crippen molar-refractivity contribution in [2.75, 3.05) is 16.8 Å². The number of anilines is 4. The Morgan fingerprint density at radius 3 is 2.34 bits per heavy atom. The van der Waals surface area contributed by atoms with Crippen LogP contribution in [-0.4, -0.2) is 15.0 Å². The van der Waals surface area contributed by atoms with Crippen LogP contribution >= 0.6 is 0 Å². The molecular formula is C22H17F3N6O. The third-order valence-corrected chi connectivity index (χ3v) is 4.31. The second-order valence-corrected chi connectivity index (χ2v) is 6.75. The van der Waals surface area contributed by atoms with Crippen molar-refractivity contribution < 1.29 is 17.9 Å². The van der Waals surface area contributed by atoms with Crippen LogP contribution in [0.5, 0.6) is 11.5 Å². The zero-order valence-corrected chi connectivity index (χ0v) is 16.5. The lowest BCUT2D eigenvalue weighted by atomic mass is 10.1. The molecule has 0 spiro atoms. The first kappa shape index (κ1) is 20.9. The lowest BCUT2D eigenvalue weighted by Gasteiger charge is -2.12. The quantitative estimate of drug-likeness (QED) is 0.365. The van der Waals surface area contributed by atoms with Crippen molar-refractivity contribution in [3.05, 3.63) is 78.6 Å². The molecule has 2 heterocycles. The average Bonchev–Trinajstić information content (AvgIpc) is 2.74. The Morgan fingerprint density at radius 1 is 0.844 bits per heavy atom. The van der Waals surface area contributed by atoms with E-state index >= 15 is 0 Å². The van der Waals surface area contributed by atoms with E-state index in [9.17, 15) is 13.2 Å². The van der Waals surface area contributed by atoms with Gasteiger partial charge in [-0.2, -0.15) is 18.2 Å². The number of pyridine rings is 1. The second kappa shape index (κ2) is 8.42. The van der Waals surface area contributed by atoms with Crippen molar-refractivity contribution in [2.45, 2.75) is 6.18 Å². The predicted molar refractivity (Wildman–Crippen MR) is 115 cm³/mol. The molecule has 0 radical (unpaired) electrons. The summed E-state index contributed by atoms with van der Waals surface area (Å²) >= 11 is 0. The summed E-state index contributed by atoms with van der Waals surface area (Å²) in [6.07, 6.45) is -3.51. The van der Waals surface area contributed by atoms with Gasteiger partial charge in [-0.15, -0.1) is 0 Å². The second-order valence-electron chi connectivity index (χ2n) is 6.75. The maximum Gasteiger partial charge on any atom is 0.433 e. The Morgan fingerprint density at radius 2 is 1.59 bits per heavy atom. The molecule has 0 amide bonds. The molecule has 5 N–H and O–H groups in total. The summed E-state index contributed by atoms with van der Waals surface area (Å²) in [7, 11) is 0. The average molecular weight is 438 g/mol. The summed E-state index contributed by atoms with van der Waals surface area (Å²) in [4.78, 5) is 11.7. The van der Waals surface area contributed by atoms with Crippen LogP contribution in [0.25, 0.3) is 11.3 Å². The highest BCUT2D eigenvalue weighted by atomic mass is 19.4. The minimum Gasteiger partial charge on any atom is -0.457 e. The number of benzene rings is 2. The largest absolute Gasteiger partial charge is 0.457 e. The molecule has 4 aromatic rings. The van der Waals surface area contributed by atoms with Crippen molar-refractivity contribution >= 4 is 23.1 Å². The van der Waals surface area contributed by atoms with Crippen LogP contribution in [0.3, 0.4) is 0 Å². The van der Waals surface area contributed by atoms with Gasteiger partial charge in [0.05, 0.1) is 5.69 Å². The summed E-state index contributed by atoms with van der Waals surface area (Å²) in [5.74, 6) is 0.854. The van der Waals surface area contributed by atoms with E-state index < -0.39 is 11.9 Å². The van der Waals surface area contributed by atoms with Gasteiger partial charge >= 0.3 is 6.18 Å². The van der Waals surface area contributed by atoms with Crippen molar-refractivity contribution in [1.82, 2.24) is 15.0 Å². The molecule has 4 rings (SSSR count). The summed E-state index contributed by atoms with van der Waals surface area (Å²) < 4.78 is 44.2. The Labute approximate surface area is 180 Å². The molecule has 7 nitrogen and oxygen atoms in total. The van der Waals surface area contributed by atoms with Crippen molar-refractivity contribution in [2.24, 2.45) is 0 Å². The van der Waals surface area contributed by atoms with E-state index in [1.54, 1.807) is 42.5 Å². The van der Waals surface area contributed by atoms with E-state index in [0.29, 0.717) is 28.6 Å². The molecule has 0 aliphatic carbocycles. The van der Waals surface area contributed by atoms with Crippen LogP contribution in [0.15, 0.2) is 72.9 Å². The van der Waals surface area contributed by atoms with Crippen molar-refractivity contribution in [3.8, 4) is 22.8 Å². The first-order chi connectivity index (χ1) is 15.3. The standard InChI is InChI=1S/C22H17F3N6O/c23-22(24,25)19-11-17(8-9-28-19)32-16-3-1-2-15(10-16)29-20-12-18(30-21(27)31-20)13-4-6-14(26)7-5-13/h1-12H,26H2,(H3,27,29,30,31). The third kappa shape index (κ3) is 5.04. The van der Waals surface area contributed by atoms with Gasteiger partial charge in [0.2, 0.25) is 5.95 Å².